The second-order valence-electron chi connectivity index (χ2n) is 4.49. The number of nitrogen functional groups attached to an aromatic ring is 1. The molecule has 1 heterocycles. The minimum atomic E-state index is 0.368. The highest BCUT2D eigenvalue weighted by atomic mass is 16.5. The Kier molecular flexibility index (Phi) is 4.81. The molecule has 0 fully saturated rings. The van der Waals surface area contributed by atoms with Crippen molar-refractivity contribution in [3.05, 3.63) is 30.6 Å². The van der Waals surface area contributed by atoms with Gasteiger partial charge in [0, 0.05) is 24.5 Å². The van der Waals surface area contributed by atoms with Crippen LogP contribution in [0.1, 0.15) is 13.8 Å². The first-order valence-corrected chi connectivity index (χ1v) is 6.96. The largest absolute Gasteiger partial charge is 0.479 e. The Morgan fingerprint density at radius 2 is 1.81 bits per heavy atom. The molecule has 1 aromatic heterocycles. The molecule has 0 saturated carbocycles. The molecule has 6 nitrogen and oxygen atoms in total. The van der Waals surface area contributed by atoms with Gasteiger partial charge in [0.05, 0.1) is 7.11 Å². The number of aromatic nitrogens is 2. The predicted octanol–water partition coefficient (Wildman–Crippen LogP) is 2.66. The van der Waals surface area contributed by atoms with Crippen LogP contribution in [-0.4, -0.2) is 30.2 Å². The van der Waals surface area contributed by atoms with Crippen molar-refractivity contribution in [1.29, 1.82) is 0 Å². The lowest BCUT2D eigenvalue weighted by molar-refractivity contribution is 0.399. The Hall–Kier alpha value is -2.50. The standard InChI is InChI=1S/C15H21N5O/c1-4-20(5-2)12-8-6-11(7-9-12)19-14-13(16)15(21-3)18-10-17-14/h6-10H,4-5,16H2,1-3H3,(H,17,18,19). The molecule has 0 atom stereocenters. The fourth-order valence-corrected chi connectivity index (χ4v) is 2.12. The smallest absolute Gasteiger partial charge is 0.242 e. The number of nitrogens with one attached hydrogen (secondary N) is 1. The summed E-state index contributed by atoms with van der Waals surface area (Å²) < 4.78 is 5.08. The molecule has 0 aliphatic heterocycles. The van der Waals surface area contributed by atoms with Gasteiger partial charge in [-0.3, -0.25) is 0 Å². The maximum absolute atomic E-state index is 5.94. The van der Waals surface area contributed by atoms with Gasteiger partial charge in [-0.25, -0.2) is 4.98 Å². The Morgan fingerprint density at radius 1 is 1.14 bits per heavy atom. The minimum absolute atomic E-state index is 0.368. The molecule has 0 aliphatic rings. The fourth-order valence-electron chi connectivity index (χ4n) is 2.12. The number of ether oxygens (including phenoxy) is 1. The van der Waals surface area contributed by atoms with Crippen molar-refractivity contribution in [1.82, 2.24) is 9.97 Å². The topological polar surface area (TPSA) is 76.3 Å². The molecule has 3 N–H and O–H groups in total. The molecule has 1 aromatic carbocycles. The summed E-state index contributed by atoms with van der Waals surface area (Å²) in [5, 5.41) is 3.17. The van der Waals surface area contributed by atoms with Crippen molar-refractivity contribution in [3.63, 3.8) is 0 Å². The summed E-state index contributed by atoms with van der Waals surface area (Å²) in [6.45, 7) is 6.26. The average molecular weight is 287 g/mol. The summed E-state index contributed by atoms with van der Waals surface area (Å²) in [7, 11) is 1.53. The first-order chi connectivity index (χ1) is 10.2. The summed E-state index contributed by atoms with van der Waals surface area (Å²) in [6, 6.07) is 8.15. The number of nitrogens with two attached hydrogens (primary N) is 1. The third-order valence-electron chi connectivity index (χ3n) is 3.30. The van der Waals surface area contributed by atoms with Gasteiger partial charge in [0.15, 0.2) is 5.82 Å². The zero-order valence-corrected chi connectivity index (χ0v) is 12.6. The van der Waals surface area contributed by atoms with E-state index in [1.807, 2.05) is 12.1 Å². The Bertz CT molecular complexity index is 581. The summed E-state index contributed by atoms with van der Waals surface area (Å²) in [4.78, 5) is 10.4. The van der Waals surface area contributed by atoms with Crippen molar-refractivity contribution in [2.24, 2.45) is 0 Å². The summed E-state index contributed by atoms with van der Waals surface area (Å²) in [5.74, 6) is 0.907. The van der Waals surface area contributed by atoms with Gasteiger partial charge in [0.25, 0.3) is 0 Å². The molecule has 0 amide bonds. The lowest BCUT2D eigenvalue weighted by Crippen LogP contribution is -2.21. The van der Waals surface area contributed by atoms with Crippen LogP contribution in [0.4, 0.5) is 22.9 Å². The van der Waals surface area contributed by atoms with Crippen LogP contribution in [0.5, 0.6) is 5.88 Å². The van der Waals surface area contributed by atoms with Crippen LogP contribution >= 0.6 is 0 Å². The Labute approximate surface area is 125 Å². The highest BCUT2D eigenvalue weighted by Gasteiger charge is 2.08. The number of methoxy groups -OCH3 is 1. The van der Waals surface area contributed by atoms with Crippen LogP contribution in [0.2, 0.25) is 0 Å². The highest BCUT2D eigenvalue weighted by Crippen LogP contribution is 2.27. The fraction of sp³-hybridized carbons (Fsp3) is 0.333. The van der Waals surface area contributed by atoms with Crippen LogP contribution in [-0.2, 0) is 0 Å². The van der Waals surface area contributed by atoms with E-state index in [2.05, 4.69) is 46.2 Å². The van der Waals surface area contributed by atoms with E-state index < -0.39 is 0 Å². The van der Waals surface area contributed by atoms with E-state index in [4.69, 9.17) is 10.5 Å². The third-order valence-corrected chi connectivity index (χ3v) is 3.30. The zero-order valence-electron chi connectivity index (χ0n) is 12.6. The average Bonchev–Trinajstić information content (AvgIpc) is 2.52. The molecule has 0 radical (unpaired) electrons. The number of benzene rings is 1. The summed E-state index contributed by atoms with van der Waals surface area (Å²) in [5.41, 5.74) is 8.45. The lowest BCUT2D eigenvalue weighted by Gasteiger charge is -2.21. The molecular weight excluding hydrogens is 266 g/mol. The molecule has 6 heteroatoms. The number of rotatable bonds is 6. The number of hydrogen-bond acceptors (Lipinski definition) is 6. The second-order valence-corrected chi connectivity index (χ2v) is 4.49. The van der Waals surface area contributed by atoms with E-state index in [1.165, 1.54) is 19.1 Å². The van der Waals surface area contributed by atoms with Crippen LogP contribution < -0.4 is 20.7 Å². The summed E-state index contributed by atoms with van der Waals surface area (Å²) >= 11 is 0. The molecule has 0 unspecified atom stereocenters. The van der Waals surface area contributed by atoms with Crippen LogP contribution in [0.15, 0.2) is 30.6 Å². The van der Waals surface area contributed by atoms with Crippen LogP contribution in [0.3, 0.4) is 0 Å². The van der Waals surface area contributed by atoms with Gasteiger partial charge in [-0.2, -0.15) is 4.98 Å². The molecule has 0 saturated heterocycles. The minimum Gasteiger partial charge on any atom is -0.479 e. The van der Waals surface area contributed by atoms with E-state index in [0.717, 1.165) is 18.8 Å². The molecular formula is C15H21N5O. The monoisotopic (exact) mass is 287 g/mol. The van der Waals surface area contributed by atoms with Gasteiger partial charge in [0.1, 0.15) is 12.0 Å². The van der Waals surface area contributed by atoms with Crippen molar-refractivity contribution < 1.29 is 4.74 Å². The maximum Gasteiger partial charge on any atom is 0.242 e. The molecule has 0 spiro atoms. The van der Waals surface area contributed by atoms with E-state index in [-0.39, 0.29) is 0 Å². The number of hydrogen-bond donors (Lipinski definition) is 2. The molecule has 2 rings (SSSR count). The quantitative estimate of drug-likeness (QED) is 0.850. The van der Waals surface area contributed by atoms with Crippen molar-refractivity contribution in [2.75, 3.05) is 36.1 Å². The van der Waals surface area contributed by atoms with Crippen molar-refractivity contribution in [2.45, 2.75) is 13.8 Å². The predicted molar refractivity (Wildman–Crippen MR) is 86.3 cm³/mol. The molecule has 2 aromatic rings. The summed E-state index contributed by atoms with van der Waals surface area (Å²) in [6.07, 6.45) is 1.42. The molecule has 21 heavy (non-hydrogen) atoms. The number of anilines is 4. The molecule has 0 bridgehead atoms. The van der Waals surface area contributed by atoms with Gasteiger partial charge in [-0.1, -0.05) is 0 Å². The number of nitrogens with zero attached hydrogens (tertiary/aromatic N) is 3. The Balaban J connectivity index is 2.17. The second kappa shape index (κ2) is 6.78. The molecule has 112 valence electrons. The maximum atomic E-state index is 5.94. The Morgan fingerprint density at radius 3 is 2.38 bits per heavy atom. The third kappa shape index (κ3) is 3.34. The lowest BCUT2D eigenvalue weighted by atomic mass is 10.2. The van der Waals surface area contributed by atoms with E-state index in [9.17, 15) is 0 Å². The van der Waals surface area contributed by atoms with Crippen LogP contribution in [0.25, 0.3) is 0 Å². The van der Waals surface area contributed by atoms with Crippen molar-refractivity contribution >= 4 is 22.9 Å². The van der Waals surface area contributed by atoms with Gasteiger partial charge in [-0.15, -0.1) is 0 Å². The van der Waals surface area contributed by atoms with E-state index >= 15 is 0 Å². The van der Waals surface area contributed by atoms with Gasteiger partial charge in [-0.05, 0) is 38.1 Å². The van der Waals surface area contributed by atoms with E-state index in [1.54, 1.807) is 0 Å². The van der Waals surface area contributed by atoms with Gasteiger partial charge >= 0.3 is 0 Å². The zero-order chi connectivity index (χ0) is 15.2. The van der Waals surface area contributed by atoms with Crippen molar-refractivity contribution in [3.8, 4) is 5.88 Å². The first-order valence-electron chi connectivity index (χ1n) is 6.96. The van der Waals surface area contributed by atoms with E-state index in [0.29, 0.717) is 17.4 Å². The SMILES string of the molecule is CCN(CC)c1ccc(Nc2ncnc(OC)c2N)cc1. The first kappa shape index (κ1) is 14.9. The van der Waals surface area contributed by atoms with Gasteiger partial charge < -0.3 is 20.7 Å². The molecule has 0 aliphatic carbocycles. The normalized spacial score (nSPS) is 10.2. The highest BCUT2D eigenvalue weighted by molar-refractivity contribution is 5.72. The van der Waals surface area contributed by atoms with Crippen LogP contribution in [0, 0.1) is 0 Å². The van der Waals surface area contributed by atoms with Gasteiger partial charge in [0.2, 0.25) is 5.88 Å².